The fourth-order valence-corrected chi connectivity index (χ4v) is 1.83. The van der Waals surface area contributed by atoms with E-state index in [2.05, 4.69) is 5.32 Å². The number of nitro groups is 1. The lowest BCUT2D eigenvalue weighted by molar-refractivity contribution is -0.384. The van der Waals surface area contributed by atoms with Gasteiger partial charge in [0.2, 0.25) is 0 Å². The van der Waals surface area contributed by atoms with Crippen LogP contribution in [0.2, 0.25) is 5.02 Å². The largest absolute Gasteiger partial charge is 0.368 e. The lowest BCUT2D eigenvalue weighted by Crippen LogP contribution is -2.58. The highest BCUT2D eigenvalue weighted by atomic mass is 35.5. The van der Waals surface area contributed by atoms with E-state index in [-0.39, 0.29) is 11.3 Å². The number of nitrogens with one attached hydrogen (secondary N) is 1. The van der Waals surface area contributed by atoms with Gasteiger partial charge in [0, 0.05) is 25.2 Å². The van der Waals surface area contributed by atoms with Gasteiger partial charge in [0.05, 0.1) is 22.2 Å². The Labute approximate surface area is 104 Å². The Bertz CT molecular complexity index is 446. The molecule has 5 nitrogen and oxygen atoms in total. The highest BCUT2D eigenvalue weighted by Gasteiger charge is 2.32. The normalized spacial score (nSPS) is 17.5. The van der Waals surface area contributed by atoms with Gasteiger partial charge in [-0.15, -0.1) is 0 Å². The fraction of sp³-hybridized carbons (Fsp3) is 0.455. The van der Waals surface area contributed by atoms with Crippen LogP contribution in [0, 0.1) is 10.1 Å². The molecule has 1 aliphatic heterocycles. The van der Waals surface area contributed by atoms with Crippen LogP contribution in [-0.4, -0.2) is 23.6 Å². The molecule has 2 rings (SSSR count). The van der Waals surface area contributed by atoms with Gasteiger partial charge in [-0.25, -0.2) is 0 Å². The van der Waals surface area contributed by atoms with Crippen LogP contribution in [0.4, 0.5) is 5.69 Å². The van der Waals surface area contributed by atoms with Gasteiger partial charge in [-0.05, 0) is 18.6 Å². The summed E-state index contributed by atoms with van der Waals surface area (Å²) < 4.78 is 5.72. The van der Waals surface area contributed by atoms with Crippen molar-refractivity contribution < 1.29 is 9.66 Å². The summed E-state index contributed by atoms with van der Waals surface area (Å²) in [6, 6.07) is 4.42. The molecule has 0 saturated carbocycles. The van der Waals surface area contributed by atoms with Crippen LogP contribution in [0.15, 0.2) is 18.2 Å². The van der Waals surface area contributed by atoms with Crippen LogP contribution in [0.5, 0.6) is 0 Å². The Morgan fingerprint density at radius 2 is 2.29 bits per heavy atom. The van der Waals surface area contributed by atoms with E-state index in [9.17, 15) is 10.1 Å². The van der Waals surface area contributed by atoms with E-state index >= 15 is 0 Å². The summed E-state index contributed by atoms with van der Waals surface area (Å²) in [7, 11) is 0. The van der Waals surface area contributed by atoms with Crippen molar-refractivity contribution in [2.24, 2.45) is 0 Å². The zero-order valence-corrected chi connectivity index (χ0v) is 10.2. The first-order valence-electron chi connectivity index (χ1n) is 5.28. The number of ether oxygens (including phenoxy) is 1. The van der Waals surface area contributed by atoms with Crippen LogP contribution < -0.4 is 5.32 Å². The minimum absolute atomic E-state index is 0.00438. The molecule has 0 spiro atoms. The SMILES string of the molecule is CC1(OCc2ccc([N+](=O)[O-])cc2Cl)CNC1. The predicted octanol–water partition coefficient (Wildman–Crippen LogP) is 2.13. The van der Waals surface area contributed by atoms with Crippen molar-refractivity contribution in [2.45, 2.75) is 19.1 Å². The van der Waals surface area contributed by atoms with Gasteiger partial charge in [0.15, 0.2) is 0 Å². The molecule has 0 amide bonds. The molecule has 17 heavy (non-hydrogen) atoms. The van der Waals surface area contributed by atoms with Crippen LogP contribution in [-0.2, 0) is 11.3 Å². The second-order valence-corrected chi connectivity index (χ2v) is 4.78. The van der Waals surface area contributed by atoms with Crippen LogP contribution in [0.25, 0.3) is 0 Å². The third-order valence-electron chi connectivity index (χ3n) is 2.82. The minimum atomic E-state index is -0.465. The van der Waals surface area contributed by atoms with Crippen LogP contribution in [0.3, 0.4) is 0 Å². The summed E-state index contributed by atoms with van der Waals surface area (Å²) in [5, 5.41) is 14.0. The smallest absolute Gasteiger partial charge is 0.270 e. The maximum absolute atomic E-state index is 10.5. The summed E-state index contributed by atoms with van der Waals surface area (Å²) in [4.78, 5) is 10.1. The zero-order chi connectivity index (χ0) is 12.5. The molecule has 1 heterocycles. The van der Waals surface area contributed by atoms with Crippen molar-refractivity contribution in [3.05, 3.63) is 38.9 Å². The van der Waals surface area contributed by atoms with E-state index in [1.807, 2.05) is 6.92 Å². The highest BCUT2D eigenvalue weighted by molar-refractivity contribution is 6.31. The molecule has 0 bridgehead atoms. The van der Waals surface area contributed by atoms with Gasteiger partial charge in [0.1, 0.15) is 0 Å². The third kappa shape index (κ3) is 2.74. The van der Waals surface area contributed by atoms with Gasteiger partial charge >= 0.3 is 0 Å². The molecule has 92 valence electrons. The predicted molar refractivity (Wildman–Crippen MR) is 64.2 cm³/mol. The van der Waals surface area contributed by atoms with E-state index < -0.39 is 4.92 Å². The Hall–Kier alpha value is -1.17. The maximum atomic E-state index is 10.5. The van der Waals surface area contributed by atoms with Crippen molar-refractivity contribution in [1.29, 1.82) is 0 Å². The van der Waals surface area contributed by atoms with Gasteiger partial charge in [-0.3, -0.25) is 10.1 Å². The number of benzene rings is 1. The number of non-ortho nitro benzene ring substituents is 1. The van der Waals surface area contributed by atoms with E-state index in [0.717, 1.165) is 18.7 Å². The molecule has 1 saturated heterocycles. The second-order valence-electron chi connectivity index (χ2n) is 4.37. The Balaban J connectivity index is 2.03. The summed E-state index contributed by atoms with van der Waals surface area (Å²) >= 11 is 5.96. The molecule has 1 N–H and O–H groups in total. The van der Waals surface area contributed by atoms with Gasteiger partial charge in [-0.1, -0.05) is 11.6 Å². The first-order valence-corrected chi connectivity index (χ1v) is 5.65. The first-order chi connectivity index (χ1) is 8.00. The molecule has 0 radical (unpaired) electrons. The molecular weight excluding hydrogens is 244 g/mol. The van der Waals surface area contributed by atoms with E-state index in [0.29, 0.717) is 11.6 Å². The van der Waals surface area contributed by atoms with Crippen molar-refractivity contribution in [2.75, 3.05) is 13.1 Å². The Morgan fingerprint density at radius 1 is 1.59 bits per heavy atom. The first kappa shape index (κ1) is 12.3. The molecule has 1 fully saturated rings. The number of hydrogen-bond acceptors (Lipinski definition) is 4. The molecule has 1 aromatic rings. The topological polar surface area (TPSA) is 64.4 Å². The lowest BCUT2D eigenvalue weighted by atomic mass is 10.00. The Kier molecular flexibility index (Phi) is 3.33. The number of rotatable bonds is 4. The van der Waals surface area contributed by atoms with Crippen LogP contribution >= 0.6 is 11.6 Å². The third-order valence-corrected chi connectivity index (χ3v) is 3.17. The maximum Gasteiger partial charge on any atom is 0.270 e. The Morgan fingerprint density at radius 3 is 2.76 bits per heavy atom. The second kappa shape index (κ2) is 4.60. The molecule has 0 aromatic heterocycles. The molecule has 1 aromatic carbocycles. The monoisotopic (exact) mass is 256 g/mol. The minimum Gasteiger partial charge on any atom is -0.368 e. The van der Waals surface area contributed by atoms with Crippen molar-refractivity contribution in [3.8, 4) is 0 Å². The van der Waals surface area contributed by atoms with Gasteiger partial charge in [0.25, 0.3) is 5.69 Å². The quantitative estimate of drug-likeness (QED) is 0.662. The lowest BCUT2D eigenvalue weighted by Gasteiger charge is -2.39. The molecule has 0 atom stereocenters. The zero-order valence-electron chi connectivity index (χ0n) is 9.40. The molecule has 0 unspecified atom stereocenters. The highest BCUT2D eigenvalue weighted by Crippen LogP contribution is 2.25. The summed E-state index contributed by atoms with van der Waals surface area (Å²) in [6.07, 6.45) is 0. The fourth-order valence-electron chi connectivity index (χ4n) is 1.60. The van der Waals surface area contributed by atoms with Crippen molar-refractivity contribution >= 4 is 17.3 Å². The molecule has 6 heteroatoms. The van der Waals surface area contributed by atoms with E-state index in [1.54, 1.807) is 6.07 Å². The molecule has 0 aliphatic carbocycles. The summed E-state index contributed by atoms with van der Waals surface area (Å²) in [5.74, 6) is 0. The average Bonchev–Trinajstić information content (AvgIpc) is 2.24. The average molecular weight is 257 g/mol. The van der Waals surface area contributed by atoms with E-state index in [1.165, 1.54) is 12.1 Å². The number of nitrogens with zero attached hydrogens (tertiary/aromatic N) is 1. The number of nitro benzene ring substituents is 1. The van der Waals surface area contributed by atoms with Crippen molar-refractivity contribution in [3.63, 3.8) is 0 Å². The molecular formula is C11H13ClN2O3. The van der Waals surface area contributed by atoms with Gasteiger partial charge in [-0.2, -0.15) is 0 Å². The summed E-state index contributed by atoms with van der Waals surface area (Å²) in [6.45, 7) is 4.02. The number of halogens is 1. The standard InChI is InChI=1S/C11H13ClN2O3/c1-11(6-13-7-11)17-5-8-2-3-9(14(15)16)4-10(8)12/h2-4,13H,5-7H2,1H3. The molecule has 1 aliphatic rings. The van der Waals surface area contributed by atoms with Crippen LogP contribution in [0.1, 0.15) is 12.5 Å². The van der Waals surface area contributed by atoms with Crippen molar-refractivity contribution in [1.82, 2.24) is 5.32 Å². The van der Waals surface area contributed by atoms with Gasteiger partial charge < -0.3 is 10.1 Å². The van der Waals surface area contributed by atoms with E-state index in [4.69, 9.17) is 16.3 Å². The summed E-state index contributed by atoms with van der Waals surface area (Å²) in [5.41, 5.74) is 0.617. The number of hydrogen-bond donors (Lipinski definition) is 1.